The lowest BCUT2D eigenvalue weighted by Crippen LogP contribution is -2.51. The number of nitrogens with two attached hydrogens (primary N) is 1. The van der Waals surface area contributed by atoms with Crippen molar-refractivity contribution >= 4 is 26.2 Å². The number of carbonyl (C=O) groups is 2. The first-order chi connectivity index (χ1) is 17.7. The molecule has 12 heteroatoms. The standard InChI is InChI=1S/C27H45N3O8Si/c1-12-34-23(32)16-13-15(22(31)29-21(16)28)18-20-19(36-27(8,9)37-20)17(14-35-39(10,11)26(5,6)7)30(18)24(33)38-25(2,3)4/h13,17-20H,12,14H2,1-11H3,(H3,28,29,31)/t17-,18?,19-,20+/m1/s1. The molecular weight excluding hydrogens is 522 g/mol. The fourth-order valence-corrected chi connectivity index (χ4v) is 5.64. The highest BCUT2D eigenvalue weighted by atomic mass is 28.4. The number of amides is 1. The molecule has 39 heavy (non-hydrogen) atoms. The van der Waals surface area contributed by atoms with Crippen molar-refractivity contribution < 1.29 is 33.0 Å². The maximum atomic E-state index is 13.8. The van der Waals surface area contributed by atoms with E-state index in [1.54, 1.807) is 41.5 Å². The third-order valence-electron chi connectivity index (χ3n) is 7.45. The van der Waals surface area contributed by atoms with E-state index in [0.29, 0.717) is 0 Å². The molecule has 3 rings (SSSR count). The molecule has 0 spiro atoms. The molecule has 2 saturated heterocycles. The summed E-state index contributed by atoms with van der Waals surface area (Å²) in [5.41, 5.74) is 4.72. The molecule has 0 aliphatic carbocycles. The zero-order valence-electron chi connectivity index (χ0n) is 25.1. The minimum Gasteiger partial charge on any atom is -0.462 e. The Hall–Kier alpha value is -2.41. The van der Waals surface area contributed by atoms with Crippen molar-refractivity contribution in [2.24, 2.45) is 0 Å². The van der Waals surface area contributed by atoms with E-state index in [9.17, 15) is 14.4 Å². The average molecular weight is 568 g/mol. The van der Waals surface area contributed by atoms with Gasteiger partial charge in [0.05, 0.1) is 25.3 Å². The van der Waals surface area contributed by atoms with Crippen molar-refractivity contribution in [2.45, 2.75) is 116 Å². The van der Waals surface area contributed by atoms with Crippen LogP contribution in [0.25, 0.3) is 0 Å². The molecule has 0 radical (unpaired) electrons. The van der Waals surface area contributed by atoms with Crippen molar-refractivity contribution in [1.82, 2.24) is 9.88 Å². The fraction of sp³-hybridized carbons (Fsp3) is 0.741. The zero-order valence-corrected chi connectivity index (χ0v) is 26.1. The number of H-pyrrole nitrogens is 1. The number of hydrogen-bond donors (Lipinski definition) is 2. The second kappa shape index (κ2) is 10.5. The van der Waals surface area contributed by atoms with E-state index < -0.39 is 61.6 Å². The van der Waals surface area contributed by atoms with Gasteiger partial charge in [0.25, 0.3) is 5.56 Å². The van der Waals surface area contributed by atoms with E-state index in [1.165, 1.54) is 11.0 Å². The average Bonchev–Trinajstić information content (AvgIpc) is 3.20. The lowest BCUT2D eigenvalue weighted by molar-refractivity contribution is -0.168. The predicted molar refractivity (Wildman–Crippen MR) is 149 cm³/mol. The van der Waals surface area contributed by atoms with E-state index in [0.717, 1.165) is 0 Å². The molecule has 3 heterocycles. The van der Waals surface area contributed by atoms with Crippen LogP contribution in [0.15, 0.2) is 10.9 Å². The fourth-order valence-electron chi connectivity index (χ4n) is 4.62. The van der Waals surface area contributed by atoms with Gasteiger partial charge in [-0.05, 0) is 65.7 Å². The van der Waals surface area contributed by atoms with Gasteiger partial charge in [-0.15, -0.1) is 0 Å². The summed E-state index contributed by atoms with van der Waals surface area (Å²) in [6.07, 6.45) is -2.00. The Morgan fingerprint density at radius 3 is 2.26 bits per heavy atom. The summed E-state index contributed by atoms with van der Waals surface area (Å²) in [5.74, 6) is -1.79. The quantitative estimate of drug-likeness (QED) is 0.379. The predicted octanol–water partition coefficient (Wildman–Crippen LogP) is 4.34. The molecule has 2 aliphatic rings. The van der Waals surface area contributed by atoms with Gasteiger partial charge in [-0.3, -0.25) is 9.69 Å². The molecule has 11 nitrogen and oxygen atoms in total. The van der Waals surface area contributed by atoms with Crippen LogP contribution in [0.5, 0.6) is 0 Å². The van der Waals surface area contributed by atoms with E-state index >= 15 is 0 Å². The van der Waals surface area contributed by atoms with Gasteiger partial charge < -0.3 is 34.1 Å². The summed E-state index contributed by atoms with van der Waals surface area (Å²) < 4.78 is 30.1. The summed E-state index contributed by atoms with van der Waals surface area (Å²) in [6.45, 7) is 21.5. The van der Waals surface area contributed by atoms with Gasteiger partial charge in [0.15, 0.2) is 14.1 Å². The number of nitrogen functional groups attached to an aromatic ring is 1. The van der Waals surface area contributed by atoms with Crippen LogP contribution in [-0.2, 0) is 23.4 Å². The molecule has 1 aromatic rings. The first kappa shape index (κ1) is 31.1. The maximum Gasteiger partial charge on any atom is 0.411 e. The monoisotopic (exact) mass is 567 g/mol. The number of carbonyl (C=O) groups excluding carboxylic acids is 2. The third kappa shape index (κ3) is 6.50. The Kier molecular flexibility index (Phi) is 8.40. The van der Waals surface area contributed by atoms with Crippen LogP contribution >= 0.6 is 0 Å². The van der Waals surface area contributed by atoms with Crippen LogP contribution in [0.3, 0.4) is 0 Å². The van der Waals surface area contributed by atoms with Gasteiger partial charge in [-0.25, -0.2) is 9.59 Å². The number of likely N-dealkylation sites (tertiary alicyclic amines) is 1. The van der Waals surface area contributed by atoms with Crippen molar-refractivity contribution in [3.05, 3.63) is 27.5 Å². The number of aromatic nitrogens is 1. The third-order valence-corrected chi connectivity index (χ3v) is 12.0. The van der Waals surface area contributed by atoms with Crippen LogP contribution in [0.1, 0.15) is 84.3 Å². The first-order valence-corrected chi connectivity index (χ1v) is 16.3. The highest BCUT2D eigenvalue weighted by Crippen LogP contribution is 2.48. The Bertz CT molecular complexity index is 1150. The molecule has 2 fully saturated rings. The number of esters is 1. The smallest absolute Gasteiger partial charge is 0.411 e. The number of nitrogens with zero attached hydrogens (tertiary/aromatic N) is 1. The molecule has 4 atom stereocenters. The van der Waals surface area contributed by atoms with Gasteiger partial charge in [0, 0.05) is 5.56 Å². The van der Waals surface area contributed by atoms with E-state index in [-0.39, 0.29) is 35.2 Å². The molecule has 0 saturated carbocycles. The van der Waals surface area contributed by atoms with Crippen molar-refractivity contribution in [3.8, 4) is 0 Å². The molecule has 1 aromatic heterocycles. The highest BCUT2D eigenvalue weighted by Gasteiger charge is 2.61. The molecule has 1 unspecified atom stereocenters. The summed E-state index contributed by atoms with van der Waals surface area (Å²) in [7, 11) is -2.24. The van der Waals surface area contributed by atoms with Gasteiger partial charge >= 0.3 is 12.1 Å². The van der Waals surface area contributed by atoms with E-state index in [4.69, 9.17) is 29.1 Å². The molecule has 2 aliphatic heterocycles. The molecule has 0 aromatic carbocycles. The second-order valence-electron chi connectivity index (χ2n) is 13.1. The number of aromatic amines is 1. The number of anilines is 1. The van der Waals surface area contributed by atoms with E-state index in [2.05, 4.69) is 38.8 Å². The van der Waals surface area contributed by atoms with E-state index in [1.807, 2.05) is 0 Å². The largest absolute Gasteiger partial charge is 0.462 e. The van der Waals surface area contributed by atoms with Crippen LogP contribution in [0, 0.1) is 0 Å². The topological polar surface area (TPSA) is 142 Å². The van der Waals surface area contributed by atoms with Crippen molar-refractivity contribution in [2.75, 3.05) is 18.9 Å². The Morgan fingerprint density at radius 1 is 1.13 bits per heavy atom. The Morgan fingerprint density at radius 2 is 1.72 bits per heavy atom. The molecular formula is C27H45N3O8Si. The second-order valence-corrected chi connectivity index (χ2v) is 17.9. The van der Waals surface area contributed by atoms with Gasteiger partial charge in [0.1, 0.15) is 29.2 Å². The number of nitrogens with one attached hydrogen (secondary N) is 1. The lowest BCUT2D eigenvalue weighted by atomic mass is 10.0. The van der Waals surface area contributed by atoms with Crippen LogP contribution in [0.2, 0.25) is 18.1 Å². The van der Waals surface area contributed by atoms with Gasteiger partial charge in [-0.1, -0.05) is 20.8 Å². The SMILES string of the molecule is CCOC(=O)c1cc(C2[C@@H]3OC(C)(C)O[C@@H]3[C@@H](CO[Si](C)(C)C(C)(C)C)N2C(=O)OC(C)(C)C)c(=O)[nH]c1N. The van der Waals surface area contributed by atoms with Crippen molar-refractivity contribution in [3.63, 3.8) is 0 Å². The first-order valence-electron chi connectivity index (χ1n) is 13.4. The highest BCUT2D eigenvalue weighted by molar-refractivity contribution is 6.74. The summed E-state index contributed by atoms with van der Waals surface area (Å²) >= 11 is 0. The number of rotatable bonds is 6. The van der Waals surface area contributed by atoms with Crippen molar-refractivity contribution in [1.29, 1.82) is 0 Å². The molecule has 1 amide bonds. The normalized spacial score (nSPS) is 24.9. The number of fused-ring (bicyclic) bond motifs is 1. The molecule has 0 bridgehead atoms. The number of hydrogen-bond acceptors (Lipinski definition) is 9. The van der Waals surface area contributed by atoms with Crippen LogP contribution in [0.4, 0.5) is 10.6 Å². The Balaban J connectivity index is 2.17. The minimum absolute atomic E-state index is 0.00807. The maximum absolute atomic E-state index is 13.8. The summed E-state index contributed by atoms with van der Waals surface area (Å²) in [5, 5.41) is -0.0733. The van der Waals surface area contributed by atoms with Crippen LogP contribution < -0.4 is 11.3 Å². The van der Waals surface area contributed by atoms with Crippen LogP contribution in [-0.4, -0.2) is 73.1 Å². The molecule has 220 valence electrons. The number of ether oxygens (including phenoxy) is 4. The summed E-state index contributed by atoms with van der Waals surface area (Å²) in [6, 6.07) is -0.206. The van der Waals surface area contributed by atoms with Gasteiger partial charge in [0.2, 0.25) is 0 Å². The Labute approximate surface area is 231 Å². The zero-order chi connectivity index (χ0) is 29.7. The molecule has 3 N–H and O–H groups in total. The minimum atomic E-state index is -2.24. The lowest BCUT2D eigenvalue weighted by Gasteiger charge is -2.40. The summed E-state index contributed by atoms with van der Waals surface area (Å²) in [4.78, 5) is 43.8. The number of pyridine rings is 1. The van der Waals surface area contributed by atoms with Gasteiger partial charge in [-0.2, -0.15) is 0 Å².